The zero-order chi connectivity index (χ0) is 9.84. The van der Waals surface area contributed by atoms with E-state index < -0.39 is 6.61 Å². The van der Waals surface area contributed by atoms with E-state index in [1.807, 2.05) is 6.07 Å². The van der Waals surface area contributed by atoms with Gasteiger partial charge in [0.15, 0.2) is 0 Å². The molecule has 0 aliphatic heterocycles. The number of hydrogen-bond acceptors (Lipinski definition) is 3. The van der Waals surface area contributed by atoms with Crippen LogP contribution in [-0.4, -0.2) is 6.61 Å². The molecule has 1 aromatic rings. The molecule has 2 N–H and O–H groups in total. The van der Waals surface area contributed by atoms with Crippen molar-refractivity contribution in [3.63, 3.8) is 0 Å². The molecule has 0 heterocycles. The molecule has 5 heteroatoms. The van der Waals surface area contributed by atoms with Crippen LogP contribution in [0.1, 0.15) is 5.56 Å². The van der Waals surface area contributed by atoms with Crippen molar-refractivity contribution in [1.29, 1.82) is 5.26 Å². The Morgan fingerprint density at radius 1 is 1.46 bits per heavy atom. The Hall–Kier alpha value is -1.83. The predicted molar refractivity (Wildman–Crippen MR) is 42.2 cm³/mol. The maximum atomic E-state index is 11.7. The van der Waals surface area contributed by atoms with E-state index in [4.69, 9.17) is 11.0 Å². The second-order valence-corrected chi connectivity index (χ2v) is 2.24. The first-order valence-corrected chi connectivity index (χ1v) is 3.38. The van der Waals surface area contributed by atoms with E-state index in [9.17, 15) is 8.78 Å². The minimum atomic E-state index is -2.88. The van der Waals surface area contributed by atoms with E-state index in [0.29, 0.717) is 0 Å². The Morgan fingerprint density at radius 3 is 2.62 bits per heavy atom. The van der Waals surface area contributed by atoms with Crippen LogP contribution in [0.5, 0.6) is 5.75 Å². The maximum Gasteiger partial charge on any atom is 0.387 e. The molecule has 0 aliphatic rings. The number of nitriles is 1. The predicted octanol–water partition coefficient (Wildman–Crippen LogP) is 1.74. The van der Waals surface area contributed by atoms with Crippen LogP contribution in [0.2, 0.25) is 0 Å². The van der Waals surface area contributed by atoms with Crippen molar-refractivity contribution in [1.82, 2.24) is 0 Å². The first kappa shape index (κ1) is 9.26. The zero-order valence-corrected chi connectivity index (χ0v) is 6.50. The molecule has 1 rings (SSSR count). The van der Waals surface area contributed by atoms with Crippen LogP contribution >= 0.6 is 0 Å². The van der Waals surface area contributed by atoms with E-state index in [1.54, 1.807) is 0 Å². The molecule has 0 saturated carbocycles. The molecule has 0 saturated heterocycles. The van der Waals surface area contributed by atoms with E-state index in [1.165, 1.54) is 18.2 Å². The summed E-state index contributed by atoms with van der Waals surface area (Å²) < 4.78 is 27.5. The van der Waals surface area contributed by atoms with Gasteiger partial charge in [0, 0.05) is 6.07 Å². The van der Waals surface area contributed by atoms with E-state index in [-0.39, 0.29) is 17.0 Å². The molecule has 1 aromatic carbocycles. The van der Waals surface area contributed by atoms with Gasteiger partial charge in [0.25, 0.3) is 0 Å². The van der Waals surface area contributed by atoms with Crippen LogP contribution in [0.25, 0.3) is 0 Å². The van der Waals surface area contributed by atoms with Crippen LogP contribution in [0, 0.1) is 11.3 Å². The Morgan fingerprint density at radius 2 is 2.15 bits per heavy atom. The second kappa shape index (κ2) is 3.72. The van der Waals surface area contributed by atoms with Gasteiger partial charge in [-0.3, -0.25) is 0 Å². The van der Waals surface area contributed by atoms with Crippen molar-refractivity contribution in [2.45, 2.75) is 6.61 Å². The highest BCUT2D eigenvalue weighted by Gasteiger charge is 2.05. The average molecular weight is 184 g/mol. The molecule has 0 unspecified atom stereocenters. The Bertz CT molecular complexity index is 346. The molecule has 13 heavy (non-hydrogen) atoms. The number of rotatable bonds is 2. The van der Waals surface area contributed by atoms with E-state index in [0.717, 1.165) is 0 Å². The molecular weight excluding hydrogens is 178 g/mol. The van der Waals surface area contributed by atoms with Gasteiger partial charge >= 0.3 is 6.61 Å². The third-order valence-corrected chi connectivity index (χ3v) is 1.37. The summed E-state index contributed by atoms with van der Waals surface area (Å²) in [6.45, 7) is -2.88. The summed E-state index contributed by atoms with van der Waals surface area (Å²) in [7, 11) is 0. The summed E-state index contributed by atoms with van der Waals surface area (Å²) >= 11 is 0. The molecule has 0 spiro atoms. The fraction of sp³-hybridized carbons (Fsp3) is 0.125. The summed E-state index contributed by atoms with van der Waals surface area (Å²) in [5.41, 5.74) is 5.72. The minimum absolute atomic E-state index is 0.0495. The summed E-state index contributed by atoms with van der Waals surface area (Å²) in [5, 5.41) is 8.47. The number of ether oxygens (including phenoxy) is 1. The molecule has 0 atom stereocenters. The van der Waals surface area contributed by atoms with Crippen LogP contribution in [0.3, 0.4) is 0 Å². The van der Waals surface area contributed by atoms with Gasteiger partial charge in [0.1, 0.15) is 11.8 Å². The lowest BCUT2D eigenvalue weighted by Crippen LogP contribution is -2.02. The van der Waals surface area contributed by atoms with Gasteiger partial charge in [-0.15, -0.1) is 0 Å². The molecule has 0 fully saturated rings. The Balaban J connectivity index is 2.91. The van der Waals surface area contributed by atoms with Crippen molar-refractivity contribution < 1.29 is 13.5 Å². The quantitative estimate of drug-likeness (QED) is 0.712. The van der Waals surface area contributed by atoms with Gasteiger partial charge in [0.2, 0.25) is 0 Å². The topological polar surface area (TPSA) is 59.0 Å². The number of anilines is 1. The minimum Gasteiger partial charge on any atom is -0.435 e. The highest BCUT2D eigenvalue weighted by Crippen LogP contribution is 2.20. The third-order valence-electron chi connectivity index (χ3n) is 1.37. The van der Waals surface area contributed by atoms with E-state index in [2.05, 4.69) is 4.74 Å². The Kier molecular flexibility index (Phi) is 2.65. The number of nitrogen functional groups attached to an aromatic ring is 1. The van der Waals surface area contributed by atoms with Gasteiger partial charge in [-0.05, 0) is 12.1 Å². The number of nitrogens with two attached hydrogens (primary N) is 1. The van der Waals surface area contributed by atoms with Crippen molar-refractivity contribution >= 4 is 5.69 Å². The van der Waals surface area contributed by atoms with Gasteiger partial charge in [-0.2, -0.15) is 14.0 Å². The van der Waals surface area contributed by atoms with Gasteiger partial charge in [0.05, 0.1) is 11.3 Å². The average Bonchev–Trinajstić information content (AvgIpc) is 2.03. The molecule has 0 radical (unpaired) electrons. The third kappa shape index (κ3) is 2.30. The number of nitrogens with zero attached hydrogens (tertiary/aromatic N) is 1. The van der Waals surface area contributed by atoms with Crippen LogP contribution in [0.4, 0.5) is 14.5 Å². The molecular formula is C8H6F2N2O. The van der Waals surface area contributed by atoms with Crippen molar-refractivity contribution in [2.24, 2.45) is 0 Å². The zero-order valence-electron chi connectivity index (χ0n) is 6.50. The maximum absolute atomic E-state index is 11.7. The fourth-order valence-electron chi connectivity index (χ4n) is 0.819. The van der Waals surface area contributed by atoms with Gasteiger partial charge < -0.3 is 10.5 Å². The number of halogens is 2. The largest absolute Gasteiger partial charge is 0.435 e. The SMILES string of the molecule is N#Cc1ccc(OC(F)F)cc1N. The van der Waals surface area contributed by atoms with Crippen LogP contribution in [-0.2, 0) is 0 Å². The lowest BCUT2D eigenvalue weighted by Gasteiger charge is -2.05. The number of alkyl halides is 2. The standard InChI is InChI=1S/C8H6F2N2O/c9-8(10)13-6-2-1-5(4-11)7(12)3-6/h1-3,8H,12H2. The first-order chi connectivity index (χ1) is 6.13. The van der Waals surface area contributed by atoms with Gasteiger partial charge in [-0.25, -0.2) is 0 Å². The number of benzene rings is 1. The van der Waals surface area contributed by atoms with Crippen molar-refractivity contribution in [3.05, 3.63) is 23.8 Å². The summed E-state index contributed by atoms with van der Waals surface area (Å²) in [4.78, 5) is 0. The molecule has 3 nitrogen and oxygen atoms in total. The molecule has 0 amide bonds. The monoisotopic (exact) mass is 184 g/mol. The summed E-state index contributed by atoms with van der Waals surface area (Å²) in [6, 6.07) is 5.58. The highest BCUT2D eigenvalue weighted by atomic mass is 19.3. The fourth-order valence-corrected chi connectivity index (χ4v) is 0.819. The lowest BCUT2D eigenvalue weighted by atomic mass is 10.2. The van der Waals surface area contributed by atoms with Crippen LogP contribution in [0.15, 0.2) is 18.2 Å². The van der Waals surface area contributed by atoms with E-state index >= 15 is 0 Å². The Labute approximate surface area is 73.3 Å². The smallest absolute Gasteiger partial charge is 0.387 e. The first-order valence-electron chi connectivity index (χ1n) is 3.38. The van der Waals surface area contributed by atoms with Crippen molar-refractivity contribution in [3.8, 4) is 11.8 Å². The molecule has 0 aliphatic carbocycles. The van der Waals surface area contributed by atoms with Crippen LogP contribution < -0.4 is 10.5 Å². The second-order valence-electron chi connectivity index (χ2n) is 2.24. The van der Waals surface area contributed by atoms with Crippen molar-refractivity contribution in [2.75, 3.05) is 5.73 Å². The molecule has 0 aromatic heterocycles. The van der Waals surface area contributed by atoms with Gasteiger partial charge in [-0.1, -0.05) is 0 Å². The normalized spacial score (nSPS) is 9.69. The number of hydrogen-bond donors (Lipinski definition) is 1. The molecule has 0 bridgehead atoms. The molecule has 68 valence electrons. The summed E-state index contributed by atoms with van der Waals surface area (Å²) in [5.74, 6) is -0.0495. The lowest BCUT2D eigenvalue weighted by molar-refractivity contribution is -0.0498. The summed E-state index contributed by atoms with van der Waals surface area (Å²) in [6.07, 6.45) is 0. The highest BCUT2D eigenvalue weighted by molar-refractivity contribution is 5.56.